The van der Waals surface area contributed by atoms with Gasteiger partial charge >= 0.3 is 12.2 Å². The fourth-order valence-electron chi connectivity index (χ4n) is 9.15. The number of hydrogen-bond donors (Lipinski definition) is 6. The van der Waals surface area contributed by atoms with E-state index in [9.17, 15) is 28.8 Å². The van der Waals surface area contributed by atoms with Crippen LogP contribution in [0.1, 0.15) is 76.6 Å². The first-order chi connectivity index (χ1) is 34.4. The number of aromatic amines is 2. The quantitative estimate of drug-likeness (QED) is 0.119. The highest BCUT2D eigenvalue weighted by Crippen LogP contribution is 2.23. The van der Waals surface area contributed by atoms with E-state index >= 15 is 0 Å². The summed E-state index contributed by atoms with van der Waals surface area (Å²) in [6.07, 6.45) is 3.81. The van der Waals surface area contributed by atoms with Crippen molar-refractivity contribution in [2.45, 2.75) is 104 Å². The van der Waals surface area contributed by atoms with Crippen LogP contribution in [0.2, 0.25) is 0 Å². The van der Waals surface area contributed by atoms with Gasteiger partial charge in [-0.15, -0.1) is 0 Å². The van der Waals surface area contributed by atoms with Crippen molar-refractivity contribution in [3.05, 3.63) is 107 Å². The molecule has 4 bridgehead atoms. The molecule has 18 heteroatoms. The summed E-state index contributed by atoms with van der Waals surface area (Å²) in [4.78, 5) is 98.2. The fourth-order valence-corrected chi connectivity index (χ4v) is 9.15. The second-order valence-electron chi connectivity index (χ2n) is 20.8. The number of alkyl carbamates (subject to hydrolysis) is 2. The van der Waals surface area contributed by atoms with Crippen LogP contribution in [0.4, 0.5) is 9.59 Å². The first kappa shape index (κ1) is 52.9. The Bertz CT molecular complexity index is 2480. The van der Waals surface area contributed by atoms with Gasteiger partial charge in [0, 0.05) is 99.4 Å². The minimum absolute atomic E-state index is 0.00868. The number of piperazine rings is 1. The minimum atomic E-state index is -1.10. The van der Waals surface area contributed by atoms with Gasteiger partial charge in [-0.1, -0.05) is 60.7 Å². The Morgan fingerprint density at radius 1 is 0.542 bits per heavy atom. The largest absolute Gasteiger partial charge is 0.444 e. The second-order valence-corrected chi connectivity index (χ2v) is 20.8. The lowest BCUT2D eigenvalue weighted by molar-refractivity contribution is -0.138. The molecule has 6 N–H and O–H groups in total. The maximum atomic E-state index is 14.9. The molecule has 2 aromatic heterocycles. The SMILES string of the molecule is CC(C)(C)OC(=O)N[C@@H](Cc1c[nH]c2ccccc12)C(=O)N1CC(=O)NCCCN2CCN(CCCNC(=O)CN(C(=O)[C@H](Cc3c[nH]c4ccccc34)NC(=O)OC(C)(C)C)Cc3ccc(cc3)C1)CC2. The predicted octanol–water partition coefficient (Wildman–Crippen LogP) is 5.22. The molecule has 10 rings (SSSR count). The van der Waals surface area contributed by atoms with Crippen LogP contribution in [0, 0.1) is 0 Å². The average molecular weight is 989 g/mol. The third-order valence-corrected chi connectivity index (χ3v) is 12.6. The number of para-hydroxylation sites is 2. The van der Waals surface area contributed by atoms with Gasteiger partial charge in [0.25, 0.3) is 0 Å². The molecule has 0 aliphatic carbocycles. The molecule has 0 spiro atoms. The molecule has 3 aromatic carbocycles. The van der Waals surface area contributed by atoms with Gasteiger partial charge in [-0.2, -0.15) is 0 Å². The zero-order valence-corrected chi connectivity index (χ0v) is 42.6. The number of hydrogen-bond acceptors (Lipinski definition) is 10. The summed E-state index contributed by atoms with van der Waals surface area (Å²) in [5, 5.41) is 13.5. The molecule has 1 saturated heterocycles. The van der Waals surface area contributed by atoms with Crippen molar-refractivity contribution >= 4 is 57.6 Å². The van der Waals surface area contributed by atoms with E-state index in [1.807, 2.05) is 85.2 Å². The maximum Gasteiger partial charge on any atom is 0.408 e. The third-order valence-electron chi connectivity index (χ3n) is 12.6. The molecule has 5 aromatic rings. The number of amides is 6. The van der Waals surface area contributed by atoms with E-state index < -0.39 is 47.3 Å². The number of rotatable bonds is 8. The van der Waals surface area contributed by atoms with E-state index in [-0.39, 0.29) is 50.8 Å². The molecule has 0 saturated carbocycles. The van der Waals surface area contributed by atoms with Crippen molar-refractivity contribution < 1.29 is 38.2 Å². The van der Waals surface area contributed by atoms with Gasteiger partial charge in [0.15, 0.2) is 0 Å². The Labute approximate surface area is 421 Å². The zero-order chi connectivity index (χ0) is 51.4. The molecule has 6 amide bonds. The van der Waals surface area contributed by atoms with Crippen molar-refractivity contribution in [3.8, 4) is 0 Å². The van der Waals surface area contributed by atoms with Crippen molar-refractivity contribution in [2.24, 2.45) is 0 Å². The molecule has 18 nitrogen and oxygen atoms in total. The lowest BCUT2D eigenvalue weighted by atomic mass is 10.0. The smallest absolute Gasteiger partial charge is 0.408 e. The van der Waals surface area contributed by atoms with Crippen molar-refractivity contribution in [3.63, 3.8) is 0 Å². The Kier molecular flexibility index (Phi) is 17.6. The van der Waals surface area contributed by atoms with E-state index in [4.69, 9.17) is 9.47 Å². The number of H-pyrrole nitrogens is 2. The van der Waals surface area contributed by atoms with Gasteiger partial charge < -0.3 is 60.3 Å². The number of carbonyl (C=O) groups is 6. The number of nitrogens with zero attached hydrogens (tertiary/aromatic N) is 4. The van der Waals surface area contributed by atoms with Crippen LogP contribution < -0.4 is 21.3 Å². The molecule has 5 aliphatic heterocycles. The highest BCUT2D eigenvalue weighted by atomic mass is 16.6. The molecule has 0 radical (unpaired) electrons. The molecular formula is C54H72N10O8. The Morgan fingerprint density at radius 2 is 0.917 bits per heavy atom. The average Bonchev–Trinajstić information content (AvgIpc) is 3.93. The fraction of sp³-hybridized carbons (Fsp3) is 0.481. The van der Waals surface area contributed by atoms with Gasteiger partial charge in [-0.25, -0.2) is 9.59 Å². The summed E-state index contributed by atoms with van der Waals surface area (Å²) in [6.45, 7) is 15.9. The van der Waals surface area contributed by atoms with Gasteiger partial charge in [0.1, 0.15) is 23.3 Å². The molecule has 386 valence electrons. The number of aromatic nitrogens is 2. The summed E-state index contributed by atoms with van der Waals surface area (Å²) in [7, 11) is 0. The van der Waals surface area contributed by atoms with E-state index in [0.717, 1.165) is 85.0 Å². The zero-order valence-electron chi connectivity index (χ0n) is 42.6. The Morgan fingerprint density at radius 3 is 1.29 bits per heavy atom. The molecule has 0 unspecified atom stereocenters. The highest BCUT2D eigenvalue weighted by molar-refractivity contribution is 5.92. The third kappa shape index (κ3) is 15.5. The lowest BCUT2D eigenvalue weighted by Gasteiger charge is -2.34. The first-order valence-corrected chi connectivity index (χ1v) is 25.1. The van der Waals surface area contributed by atoms with Crippen LogP contribution in [0.15, 0.2) is 85.2 Å². The Balaban J connectivity index is 1.18. The van der Waals surface area contributed by atoms with Gasteiger partial charge in [-0.05, 0) is 102 Å². The minimum Gasteiger partial charge on any atom is -0.444 e. The number of fused-ring (bicyclic) bond motifs is 2. The van der Waals surface area contributed by atoms with Crippen LogP contribution >= 0.6 is 0 Å². The second kappa shape index (κ2) is 24.0. The normalized spacial score (nSPS) is 18.9. The summed E-state index contributed by atoms with van der Waals surface area (Å²) in [5.74, 6) is -1.63. The van der Waals surface area contributed by atoms with E-state index in [2.05, 4.69) is 41.0 Å². The molecule has 2 atom stereocenters. The first-order valence-electron chi connectivity index (χ1n) is 25.1. The van der Waals surface area contributed by atoms with Crippen LogP contribution in [0.5, 0.6) is 0 Å². The van der Waals surface area contributed by atoms with E-state index in [1.165, 1.54) is 9.80 Å². The maximum absolute atomic E-state index is 14.9. The number of benzene rings is 3. The van der Waals surface area contributed by atoms with Crippen LogP contribution in [0.25, 0.3) is 21.8 Å². The van der Waals surface area contributed by atoms with Crippen molar-refractivity contribution in [1.82, 2.24) is 50.8 Å². The van der Waals surface area contributed by atoms with E-state index in [1.54, 1.807) is 41.5 Å². The summed E-state index contributed by atoms with van der Waals surface area (Å²) in [5.41, 5.74) is 3.05. The molecule has 72 heavy (non-hydrogen) atoms. The summed E-state index contributed by atoms with van der Waals surface area (Å²) < 4.78 is 11.3. The highest BCUT2D eigenvalue weighted by Gasteiger charge is 2.33. The molecule has 7 heterocycles. The molecular weight excluding hydrogens is 917 g/mol. The molecule has 5 aliphatic rings. The van der Waals surface area contributed by atoms with Gasteiger partial charge in [0.05, 0.1) is 13.1 Å². The van der Waals surface area contributed by atoms with Crippen molar-refractivity contribution in [2.75, 3.05) is 65.4 Å². The monoisotopic (exact) mass is 989 g/mol. The van der Waals surface area contributed by atoms with Crippen LogP contribution in [-0.2, 0) is 54.6 Å². The van der Waals surface area contributed by atoms with Crippen LogP contribution in [0.3, 0.4) is 0 Å². The predicted molar refractivity (Wildman–Crippen MR) is 276 cm³/mol. The summed E-state index contributed by atoms with van der Waals surface area (Å²) in [6, 6.07) is 20.4. The van der Waals surface area contributed by atoms with Crippen LogP contribution in [-0.4, -0.2) is 154 Å². The Hall–Kier alpha value is -6.92. The van der Waals surface area contributed by atoms with Gasteiger partial charge in [-0.3, -0.25) is 19.2 Å². The molecule has 1 fully saturated rings. The number of nitrogens with one attached hydrogen (secondary N) is 6. The van der Waals surface area contributed by atoms with E-state index in [0.29, 0.717) is 24.2 Å². The lowest BCUT2D eigenvalue weighted by Crippen LogP contribution is -2.52. The van der Waals surface area contributed by atoms with Crippen molar-refractivity contribution in [1.29, 1.82) is 0 Å². The topological polar surface area (TPSA) is 214 Å². The number of carbonyl (C=O) groups excluding carboxylic acids is 6. The standard InChI is InChI=1S/C54H72N10O8/c1-53(2,3)71-51(69)59-45(29-39-31-57-43-15-9-7-13-41(39)43)49(67)63-33-37-17-19-38(20-18-37)34-64(36-48(66)56-22-12-24-62-27-25-61(26-28-62)23-11-21-55-47(65)35-63)50(68)46(60-52(70)72-54(4,5)6)30-40-32-58-44-16-10-8-14-42(40)44/h7-10,13-20,31-32,45-46,57-58H,11-12,21-30,33-36H2,1-6H3,(H,55,65)(H,56,66)(H,59,69)(H,60,70)/t45-,46-/m0/s1. The number of ether oxygens (including phenoxy) is 2. The van der Waals surface area contributed by atoms with Gasteiger partial charge in [0.2, 0.25) is 23.6 Å². The summed E-state index contributed by atoms with van der Waals surface area (Å²) >= 11 is 0.